The van der Waals surface area contributed by atoms with E-state index in [1.807, 2.05) is 23.1 Å². The van der Waals surface area contributed by atoms with E-state index in [1.54, 1.807) is 20.3 Å². The number of ether oxygens (including phenoxy) is 2. The molecule has 0 aliphatic carbocycles. The molecule has 0 spiro atoms. The zero-order valence-corrected chi connectivity index (χ0v) is 21.7. The maximum absolute atomic E-state index is 12.7. The zero-order chi connectivity index (χ0) is 24.8. The predicted octanol–water partition coefficient (Wildman–Crippen LogP) is 3.68. The van der Waals surface area contributed by atoms with Crippen LogP contribution in [0.5, 0.6) is 11.5 Å². The molecule has 1 aliphatic heterocycles. The first kappa shape index (κ1) is 27.1. The lowest BCUT2D eigenvalue weighted by atomic mass is 10.1. The standard InChI is InChI=1S/C26H34N6O3.ClH/c1-34-22-16-20-21(17-23(22)35-2)29-26(30-25(20)28)32-14-12-31(13-15-32)24(33)7-5-3-4-6-18-8-10-19(27)11-9-18;/h8-11,16-17H,3-7,12-15,27H2,1-2H3,(H2,28,29,30);1H. The molecular weight excluding hydrogens is 480 g/mol. The molecular formula is C26H35ClN6O3. The number of nitrogens with zero attached hydrogens (tertiary/aromatic N) is 4. The van der Waals surface area contributed by atoms with E-state index in [4.69, 9.17) is 25.9 Å². The molecule has 4 N–H and O–H groups in total. The third-order valence-electron chi connectivity index (χ3n) is 6.47. The normalized spacial score (nSPS) is 13.4. The van der Waals surface area contributed by atoms with Gasteiger partial charge in [-0.25, -0.2) is 4.98 Å². The monoisotopic (exact) mass is 514 g/mol. The summed E-state index contributed by atoms with van der Waals surface area (Å²) in [5.41, 5.74) is 14.7. The third-order valence-corrected chi connectivity index (χ3v) is 6.47. The number of fused-ring (bicyclic) bond motifs is 1. The number of methoxy groups -OCH3 is 2. The van der Waals surface area contributed by atoms with Crippen molar-refractivity contribution in [3.63, 3.8) is 0 Å². The number of benzene rings is 2. The maximum Gasteiger partial charge on any atom is 0.228 e. The number of amides is 1. The van der Waals surface area contributed by atoms with E-state index >= 15 is 0 Å². The molecule has 0 atom stereocenters. The first-order valence-electron chi connectivity index (χ1n) is 12.0. The van der Waals surface area contributed by atoms with Crippen molar-refractivity contribution < 1.29 is 14.3 Å². The summed E-state index contributed by atoms with van der Waals surface area (Å²) < 4.78 is 10.8. The van der Waals surface area contributed by atoms with Gasteiger partial charge in [0.1, 0.15) is 5.82 Å². The molecule has 1 fully saturated rings. The van der Waals surface area contributed by atoms with E-state index in [9.17, 15) is 4.79 Å². The molecule has 1 saturated heterocycles. The number of piperazine rings is 1. The summed E-state index contributed by atoms with van der Waals surface area (Å²) in [6.45, 7) is 2.64. The fourth-order valence-electron chi connectivity index (χ4n) is 4.39. The van der Waals surface area contributed by atoms with Crippen LogP contribution in [0.15, 0.2) is 36.4 Å². The molecule has 3 aromatic rings. The van der Waals surface area contributed by atoms with Gasteiger partial charge in [-0.1, -0.05) is 18.6 Å². The number of carbonyl (C=O) groups excluding carboxylic acids is 1. The Kier molecular flexibility index (Phi) is 9.41. The van der Waals surface area contributed by atoms with Gasteiger partial charge in [-0.05, 0) is 43.0 Å². The van der Waals surface area contributed by atoms with Crippen LogP contribution < -0.4 is 25.8 Å². The number of nitrogens with two attached hydrogens (primary N) is 2. The number of nitrogen functional groups attached to an aromatic ring is 2. The number of halogens is 1. The number of rotatable bonds is 9. The number of unbranched alkanes of at least 4 members (excludes halogenated alkanes) is 2. The van der Waals surface area contributed by atoms with Crippen LogP contribution in [0.4, 0.5) is 17.5 Å². The van der Waals surface area contributed by atoms with Crippen molar-refractivity contribution in [2.75, 3.05) is 56.8 Å². The summed E-state index contributed by atoms with van der Waals surface area (Å²) in [4.78, 5) is 25.9. The molecule has 4 rings (SSSR count). The van der Waals surface area contributed by atoms with Crippen LogP contribution in [0.2, 0.25) is 0 Å². The molecule has 1 aliphatic rings. The van der Waals surface area contributed by atoms with Gasteiger partial charge in [-0.15, -0.1) is 12.4 Å². The van der Waals surface area contributed by atoms with Crippen LogP contribution in [0.25, 0.3) is 10.9 Å². The fourth-order valence-corrected chi connectivity index (χ4v) is 4.39. The maximum atomic E-state index is 12.7. The van der Waals surface area contributed by atoms with Crippen LogP contribution in [0.1, 0.15) is 31.2 Å². The Morgan fingerprint density at radius 1 is 0.917 bits per heavy atom. The average molecular weight is 515 g/mol. The molecule has 36 heavy (non-hydrogen) atoms. The van der Waals surface area contributed by atoms with E-state index in [2.05, 4.69) is 22.0 Å². The Morgan fingerprint density at radius 3 is 2.25 bits per heavy atom. The third kappa shape index (κ3) is 6.40. The largest absolute Gasteiger partial charge is 0.493 e. The first-order valence-corrected chi connectivity index (χ1v) is 12.0. The second kappa shape index (κ2) is 12.5. The fraction of sp³-hybridized carbons (Fsp3) is 0.423. The first-order chi connectivity index (χ1) is 17.0. The Balaban J connectivity index is 0.00000361. The van der Waals surface area contributed by atoms with Gasteiger partial charge >= 0.3 is 0 Å². The quantitative estimate of drug-likeness (QED) is 0.328. The predicted molar refractivity (Wildman–Crippen MR) is 146 cm³/mol. The van der Waals surface area contributed by atoms with Gasteiger partial charge in [0.15, 0.2) is 11.5 Å². The molecule has 194 valence electrons. The Hall–Kier alpha value is -3.46. The summed E-state index contributed by atoms with van der Waals surface area (Å²) in [5.74, 6) is 2.35. The number of carbonyl (C=O) groups is 1. The van der Waals surface area contributed by atoms with Gasteiger partial charge in [0.25, 0.3) is 0 Å². The van der Waals surface area contributed by atoms with Crippen molar-refractivity contribution in [3.8, 4) is 11.5 Å². The molecule has 0 saturated carbocycles. The molecule has 2 heterocycles. The van der Waals surface area contributed by atoms with Crippen molar-refractivity contribution in [2.24, 2.45) is 0 Å². The number of hydrogen-bond acceptors (Lipinski definition) is 8. The molecule has 0 bridgehead atoms. The summed E-state index contributed by atoms with van der Waals surface area (Å²) in [6.07, 6.45) is 4.62. The number of anilines is 3. The van der Waals surface area contributed by atoms with E-state index in [1.165, 1.54) is 5.56 Å². The van der Waals surface area contributed by atoms with Crippen molar-refractivity contribution in [3.05, 3.63) is 42.0 Å². The van der Waals surface area contributed by atoms with Gasteiger partial charge < -0.3 is 30.7 Å². The summed E-state index contributed by atoms with van der Waals surface area (Å²) in [7, 11) is 3.17. The van der Waals surface area contributed by atoms with Crippen LogP contribution in [-0.4, -0.2) is 61.2 Å². The lowest BCUT2D eigenvalue weighted by Crippen LogP contribution is -2.49. The Labute approximate surface area is 218 Å². The van der Waals surface area contributed by atoms with E-state index in [-0.39, 0.29) is 18.3 Å². The van der Waals surface area contributed by atoms with Gasteiger partial charge in [-0.3, -0.25) is 4.79 Å². The lowest BCUT2D eigenvalue weighted by molar-refractivity contribution is -0.131. The molecule has 10 heteroatoms. The van der Waals surface area contributed by atoms with Gasteiger partial charge in [0, 0.05) is 49.7 Å². The average Bonchev–Trinajstić information content (AvgIpc) is 2.88. The van der Waals surface area contributed by atoms with E-state index in [0.29, 0.717) is 61.4 Å². The highest BCUT2D eigenvalue weighted by Crippen LogP contribution is 2.34. The topological polar surface area (TPSA) is 120 Å². The highest BCUT2D eigenvalue weighted by atomic mass is 35.5. The summed E-state index contributed by atoms with van der Waals surface area (Å²) >= 11 is 0. The molecule has 2 aromatic carbocycles. The van der Waals surface area contributed by atoms with Crippen LogP contribution in [0.3, 0.4) is 0 Å². The molecule has 9 nitrogen and oxygen atoms in total. The summed E-state index contributed by atoms with van der Waals surface area (Å²) in [6, 6.07) is 11.6. The van der Waals surface area contributed by atoms with E-state index < -0.39 is 0 Å². The second-order valence-corrected chi connectivity index (χ2v) is 8.80. The van der Waals surface area contributed by atoms with Crippen LogP contribution >= 0.6 is 12.4 Å². The number of aryl methyl sites for hydroxylation is 1. The smallest absolute Gasteiger partial charge is 0.228 e. The van der Waals surface area contributed by atoms with E-state index in [0.717, 1.165) is 36.8 Å². The summed E-state index contributed by atoms with van der Waals surface area (Å²) in [5, 5.41) is 0.719. The van der Waals surface area contributed by atoms with Crippen LogP contribution in [0, 0.1) is 0 Å². The molecule has 1 amide bonds. The minimum atomic E-state index is 0. The molecule has 0 radical (unpaired) electrons. The lowest BCUT2D eigenvalue weighted by Gasteiger charge is -2.35. The number of aromatic nitrogens is 2. The van der Waals surface area contributed by atoms with Crippen molar-refractivity contribution in [2.45, 2.75) is 32.1 Å². The van der Waals surface area contributed by atoms with Gasteiger partial charge in [0.2, 0.25) is 11.9 Å². The molecule has 1 aromatic heterocycles. The SMILES string of the molecule is COc1cc2nc(N3CCN(C(=O)CCCCCc4ccc(N)cc4)CC3)nc(N)c2cc1OC.Cl. The van der Waals surface area contributed by atoms with Crippen molar-refractivity contribution in [1.29, 1.82) is 0 Å². The van der Waals surface area contributed by atoms with Gasteiger partial charge in [0.05, 0.1) is 19.7 Å². The minimum absolute atomic E-state index is 0. The Bertz CT molecular complexity index is 1170. The molecule has 0 unspecified atom stereocenters. The highest BCUT2D eigenvalue weighted by Gasteiger charge is 2.23. The van der Waals surface area contributed by atoms with Gasteiger partial charge in [-0.2, -0.15) is 4.98 Å². The minimum Gasteiger partial charge on any atom is -0.493 e. The second-order valence-electron chi connectivity index (χ2n) is 8.80. The number of hydrogen-bond donors (Lipinski definition) is 2. The zero-order valence-electron chi connectivity index (χ0n) is 20.9. The Morgan fingerprint density at radius 2 is 1.58 bits per heavy atom. The van der Waals surface area contributed by atoms with Crippen molar-refractivity contribution >= 4 is 46.7 Å². The highest BCUT2D eigenvalue weighted by molar-refractivity contribution is 5.91. The van der Waals surface area contributed by atoms with Crippen LogP contribution in [-0.2, 0) is 11.2 Å². The van der Waals surface area contributed by atoms with Crippen molar-refractivity contribution in [1.82, 2.24) is 14.9 Å².